The summed E-state index contributed by atoms with van der Waals surface area (Å²) in [4.78, 5) is 11.2. The number of carbonyl (C=O) groups is 1. The smallest absolute Gasteiger partial charge is 0.220 e. The van der Waals surface area contributed by atoms with Crippen molar-refractivity contribution < 1.29 is 14.3 Å². The maximum atomic E-state index is 11.2. The van der Waals surface area contributed by atoms with E-state index in [1.165, 1.54) is 18.4 Å². The van der Waals surface area contributed by atoms with Crippen molar-refractivity contribution in [2.45, 2.75) is 57.5 Å². The van der Waals surface area contributed by atoms with E-state index in [2.05, 4.69) is 17.4 Å². The van der Waals surface area contributed by atoms with Crippen LogP contribution in [0.5, 0.6) is 11.5 Å². The van der Waals surface area contributed by atoms with E-state index in [4.69, 9.17) is 9.47 Å². The number of ether oxygens (including phenoxy) is 2. The van der Waals surface area contributed by atoms with Gasteiger partial charge in [-0.1, -0.05) is 6.07 Å². The maximum Gasteiger partial charge on any atom is 0.220 e. The standard InChI is InChI=1S/C19H27NO3/c1-22-17-10-9-14(5-4-6-15-12-19(21)20-13-15)11-18(17)23-16-7-2-3-8-16/h9-11,15-16H,2-8,12-13H2,1H3,(H,20,21)/t15-/m0/s1. The van der Waals surface area contributed by atoms with Gasteiger partial charge in [0, 0.05) is 13.0 Å². The second-order valence-corrected chi connectivity index (χ2v) is 6.78. The fraction of sp³-hybridized carbons (Fsp3) is 0.632. The number of aryl methyl sites for hydroxylation is 1. The van der Waals surface area contributed by atoms with Crippen LogP contribution in [0.2, 0.25) is 0 Å². The summed E-state index contributed by atoms with van der Waals surface area (Å²) in [6.07, 6.45) is 9.09. The van der Waals surface area contributed by atoms with Gasteiger partial charge in [0.1, 0.15) is 0 Å². The minimum atomic E-state index is 0.201. The molecule has 0 spiro atoms. The fourth-order valence-corrected chi connectivity index (χ4v) is 3.62. The fourth-order valence-electron chi connectivity index (χ4n) is 3.62. The van der Waals surface area contributed by atoms with Crippen molar-refractivity contribution in [2.24, 2.45) is 5.92 Å². The number of rotatable bonds is 7. The molecule has 1 aromatic rings. The van der Waals surface area contributed by atoms with Crippen LogP contribution in [0.1, 0.15) is 50.5 Å². The SMILES string of the molecule is COc1ccc(CCC[C@@H]2CNC(=O)C2)cc1OC1CCCC1. The number of methoxy groups -OCH3 is 1. The Balaban J connectivity index is 1.55. The third kappa shape index (κ3) is 4.40. The summed E-state index contributed by atoms with van der Waals surface area (Å²) in [7, 11) is 1.70. The van der Waals surface area contributed by atoms with Crippen molar-refractivity contribution in [1.29, 1.82) is 0 Å². The zero-order valence-electron chi connectivity index (χ0n) is 14.0. The van der Waals surface area contributed by atoms with Crippen LogP contribution in [0.3, 0.4) is 0 Å². The van der Waals surface area contributed by atoms with Gasteiger partial charge in [0.25, 0.3) is 0 Å². The molecule has 2 fully saturated rings. The van der Waals surface area contributed by atoms with Crippen LogP contribution in [0.4, 0.5) is 0 Å². The van der Waals surface area contributed by atoms with Crippen LogP contribution in [0.15, 0.2) is 18.2 Å². The van der Waals surface area contributed by atoms with Gasteiger partial charge in [-0.15, -0.1) is 0 Å². The van der Waals surface area contributed by atoms with Crippen LogP contribution in [0.25, 0.3) is 0 Å². The highest BCUT2D eigenvalue weighted by atomic mass is 16.5. The molecule has 2 aliphatic rings. The first-order valence-electron chi connectivity index (χ1n) is 8.85. The van der Waals surface area contributed by atoms with E-state index in [1.807, 2.05) is 6.07 Å². The lowest BCUT2D eigenvalue weighted by atomic mass is 9.98. The molecule has 3 rings (SSSR count). The molecule has 4 nitrogen and oxygen atoms in total. The van der Waals surface area contributed by atoms with Crippen molar-refractivity contribution in [1.82, 2.24) is 5.32 Å². The highest BCUT2D eigenvalue weighted by molar-refractivity contribution is 5.78. The highest BCUT2D eigenvalue weighted by Crippen LogP contribution is 2.33. The van der Waals surface area contributed by atoms with Gasteiger partial charge >= 0.3 is 0 Å². The number of benzene rings is 1. The lowest BCUT2D eigenvalue weighted by Crippen LogP contribution is -2.13. The molecule has 1 aliphatic carbocycles. The molecule has 1 saturated heterocycles. The van der Waals surface area contributed by atoms with E-state index in [1.54, 1.807) is 7.11 Å². The average molecular weight is 317 g/mol. The Kier molecular flexibility index (Phi) is 5.42. The van der Waals surface area contributed by atoms with Gasteiger partial charge in [-0.05, 0) is 68.6 Å². The third-order valence-electron chi connectivity index (χ3n) is 4.96. The lowest BCUT2D eigenvalue weighted by Gasteiger charge is -2.17. The van der Waals surface area contributed by atoms with Crippen LogP contribution < -0.4 is 14.8 Å². The predicted octanol–water partition coefficient (Wildman–Crippen LogP) is 3.48. The normalized spacial score (nSPS) is 21.4. The van der Waals surface area contributed by atoms with E-state index in [9.17, 15) is 4.79 Å². The maximum absolute atomic E-state index is 11.2. The van der Waals surface area contributed by atoms with Crippen LogP contribution in [0, 0.1) is 5.92 Å². The zero-order valence-corrected chi connectivity index (χ0v) is 14.0. The van der Waals surface area contributed by atoms with Crippen molar-refractivity contribution in [3.05, 3.63) is 23.8 Å². The molecule has 1 aliphatic heterocycles. The van der Waals surface area contributed by atoms with Crippen molar-refractivity contribution >= 4 is 5.91 Å². The summed E-state index contributed by atoms with van der Waals surface area (Å²) >= 11 is 0. The molecule has 1 heterocycles. The van der Waals surface area contributed by atoms with Gasteiger partial charge in [-0.3, -0.25) is 4.79 Å². The van der Waals surface area contributed by atoms with Gasteiger partial charge < -0.3 is 14.8 Å². The second kappa shape index (κ2) is 7.71. The van der Waals surface area contributed by atoms with Crippen LogP contribution in [-0.4, -0.2) is 25.7 Å². The molecule has 1 atom stereocenters. The molecule has 0 radical (unpaired) electrons. The van der Waals surface area contributed by atoms with E-state index in [-0.39, 0.29) is 5.91 Å². The van der Waals surface area contributed by atoms with Gasteiger partial charge in [0.15, 0.2) is 11.5 Å². The third-order valence-corrected chi connectivity index (χ3v) is 4.96. The number of amides is 1. The molecule has 0 bridgehead atoms. The van der Waals surface area contributed by atoms with E-state index >= 15 is 0 Å². The molecule has 126 valence electrons. The van der Waals surface area contributed by atoms with Crippen molar-refractivity contribution in [2.75, 3.05) is 13.7 Å². The number of carbonyl (C=O) groups excluding carboxylic acids is 1. The summed E-state index contributed by atoms with van der Waals surface area (Å²) in [6.45, 7) is 0.845. The van der Waals surface area contributed by atoms with Crippen molar-refractivity contribution in [3.63, 3.8) is 0 Å². The highest BCUT2D eigenvalue weighted by Gasteiger charge is 2.21. The summed E-state index contributed by atoms with van der Waals surface area (Å²) in [5.41, 5.74) is 1.29. The minimum absolute atomic E-state index is 0.201. The zero-order chi connectivity index (χ0) is 16.1. The predicted molar refractivity (Wildman–Crippen MR) is 89.9 cm³/mol. The van der Waals surface area contributed by atoms with Gasteiger partial charge in [0.2, 0.25) is 5.91 Å². The van der Waals surface area contributed by atoms with Crippen LogP contribution >= 0.6 is 0 Å². The van der Waals surface area contributed by atoms with E-state index in [0.29, 0.717) is 18.4 Å². The topological polar surface area (TPSA) is 47.6 Å². The molecule has 4 heteroatoms. The molecule has 1 amide bonds. The van der Waals surface area contributed by atoms with Gasteiger partial charge in [-0.25, -0.2) is 0 Å². The Morgan fingerprint density at radius 1 is 1.22 bits per heavy atom. The van der Waals surface area contributed by atoms with Crippen LogP contribution in [-0.2, 0) is 11.2 Å². The van der Waals surface area contributed by atoms with E-state index < -0.39 is 0 Å². The first-order chi connectivity index (χ1) is 11.2. The summed E-state index contributed by atoms with van der Waals surface area (Å²) in [6, 6.07) is 6.27. The summed E-state index contributed by atoms with van der Waals surface area (Å²) in [5.74, 6) is 2.42. The molecule has 23 heavy (non-hydrogen) atoms. The summed E-state index contributed by atoms with van der Waals surface area (Å²) in [5, 5.41) is 2.91. The first-order valence-corrected chi connectivity index (χ1v) is 8.85. The second-order valence-electron chi connectivity index (χ2n) is 6.78. The largest absolute Gasteiger partial charge is 0.493 e. The molecule has 1 N–H and O–H groups in total. The molecular weight excluding hydrogens is 290 g/mol. The number of nitrogens with one attached hydrogen (secondary N) is 1. The Bertz CT molecular complexity index is 537. The Hall–Kier alpha value is -1.71. The van der Waals surface area contributed by atoms with Crippen molar-refractivity contribution in [3.8, 4) is 11.5 Å². The monoisotopic (exact) mass is 317 g/mol. The molecule has 0 unspecified atom stereocenters. The first kappa shape index (κ1) is 16.2. The quantitative estimate of drug-likeness (QED) is 0.837. The van der Waals surface area contributed by atoms with Gasteiger partial charge in [-0.2, -0.15) is 0 Å². The molecular formula is C19H27NO3. The Labute approximate surface area is 138 Å². The molecule has 0 aromatic heterocycles. The minimum Gasteiger partial charge on any atom is -0.493 e. The Morgan fingerprint density at radius 3 is 2.74 bits per heavy atom. The molecule has 1 aromatic carbocycles. The number of hydrogen-bond acceptors (Lipinski definition) is 3. The number of hydrogen-bond donors (Lipinski definition) is 1. The van der Waals surface area contributed by atoms with Gasteiger partial charge in [0.05, 0.1) is 13.2 Å². The molecule has 1 saturated carbocycles. The average Bonchev–Trinajstić information content (AvgIpc) is 3.20. The van der Waals surface area contributed by atoms with E-state index in [0.717, 1.165) is 50.1 Å². The Morgan fingerprint density at radius 2 is 2.04 bits per heavy atom. The lowest BCUT2D eigenvalue weighted by molar-refractivity contribution is -0.119. The summed E-state index contributed by atoms with van der Waals surface area (Å²) < 4.78 is 11.6.